The Hall–Kier alpha value is -2.07. The first kappa shape index (κ1) is 16.3. The van der Waals surface area contributed by atoms with E-state index in [0.29, 0.717) is 11.6 Å². The summed E-state index contributed by atoms with van der Waals surface area (Å²) >= 11 is 5.00. The highest BCUT2D eigenvalue weighted by Gasteiger charge is 2.04. The van der Waals surface area contributed by atoms with Crippen molar-refractivity contribution >= 4 is 22.9 Å². The number of nitrogens with zero attached hydrogens (tertiary/aromatic N) is 1. The van der Waals surface area contributed by atoms with E-state index >= 15 is 0 Å². The van der Waals surface area contributed by atoms with Crippen molar-refractivity contribution in [3.05, 3.63) is 59.7 Å². The van der Waals surface area contributed by atoms with Gasteiger partial charge in [-0.15, -0.1) is 0 Å². The van der Waals surface area contributed by atoms with Crippen LogP contribution in [-0.2, 0) is 6.61 Å². The second kappa shape index (κ2) is 7.80. The number of thiocarbonyl (C=S) groups is 1. The van der Waals surface area contributed by atoms with Gasteiger partial charge in [0.05, 0.1) is 0 Å². The average molecular weight is 314 g/mol. The monoisotopic (exact) mass is 314 g/mol. The van der Waals surface area contributed by atoms with Crippen molar-refractivity contribution in [2.45, 2.75) is 20.5 Å². The van der Waals surface area contributed by atoms with Crippen LogP contribution in [0.3, 0.4) is 0 Å². The zero-order valence-electron chi connectivity index (χ0n) is 13.1. The fourth-order valence-corrected chi connectivity index (χ4v) is 2.47. The molecule has 0 amide bonds. The summed E-state index contributed by atoms with van der Waals surface area (Å²) in [5, 5.41) is 0. The number of nitrogens with two attached hydrogens (primary N) is 1. The Labute approximate surface area is 137 Å². The molecule has 4 heteroatoms. The van der Waals surface area contributed by atoms with Gasteiger partial charge in [0.25, 0.3) is 0 Å². The van der Waals surface area contributed by atoms with Gasteiger partial charge in [-0.2, -0.15) is 0 Å². The molecule has 0 aromatic heterocycles. The maximum Gasteiger partial charge on any atom is 0.121 e. The van der Waals surface area contributed by atoms with E-state index in [4.69, 9.17) is 22.7 Å². The Morgan fingerprint density at radius 3 is 2.50 bits per heavy atom. The number of hydrogen-bond acceptors (Lipinski definition) is 3. The first-order valence-electron chi connectivity index (χ1n) is 7.50. The van der Waals surface area contributed by atoms with Crippen LogP contribution in [0.1, 0.15) is 25.0 Å². The molecule has 0 bridgehead atoms. The normalized spacial score (nSPS) is 10.3. The molecule has 0 aliphatic carbocycles. The van der Waals surface area contributed by atoms with Crippen molar-refractivity contribution in [1.29, 1.82) is 0 Å². The van der Waals surface area contributed by atoms with Crippen molar-refractivity contribution < 1.29 is 4.74 Å². The second-order valence-corrected chi connectivity index (χ2v) is 5.46. The van der Waals surface area contributed by atoms with Gasteiger partial charge in [-0.25, -0.2) is 0 Å². The van der Waals surface area contributed by atoms with Crippen LogP contribution in [0.15, 0.2) is 48.5 Å². The maximum atomic E-state index is 5.90. The van der Waals surface area contributed by atoms with Crippen LogP contribution in [0.4, 0.5) is 5.69 Å². The van der Waals surface area contributed by atoms with Crippen molar-refractivity contribution in [2.24, 2.45) is 5.73 Å². The number of benzene rings is 2. The molecule has 0 saturated heterocycles. The second-order valence-electron chi connectivity index (χ2n) is 5.02. The van der Waals surface area contributed by atoms with Gasteiger partial charge in [0.2, 0.25) is 0 Å². The summed E-state index contributed by atoms with van der Waals surface area (Å²) in [5.41, 5.74) is 8.76. The van der Waals surface area contributed by atoms with Crippen molar-refractivity contribution in [3.8, 4) is 5.75 Å². The molecule has 0 atom stereocenters. The van der Waals surface area contributed by atoms with Crippen LogP contribution in [0.2, 0.25) is 0 Å². The van der Waals surface area contributed by atoms with Gasteiger partial charge in [0.1, 0.15) is 17.3 Å². The van der Waals surface area contributed by atoms with E-state index in [2.05, 4.69) is 30.9 Å². The lowest BCUT2D eigenvalue weighted by Gasteiger charge is -2.21. The molecule has 0 spiro atoms. The highest BCUT2D eigenvalue weighted by atomic mass is 32.1. The highest BCUT2D eigenvalue weighted by Crippen LogP contribution is 2.22. The molecule has 0 unspecified atom stereocenters. The predicted molar refractivity (Wildman–Crippen MR) is 96.7 cm³/mol. The molecule has 0 saturated carbocycles. The molecule has 0 heterocycles. The van der Waals surface area contributed by atoms with E-state index in [0.717, 1.165) is 30.0 Å². The molecule has 2 aromatic rings. The van der Waals surface area contributed by atoms with Gasteiger partial charge < -0.3 is 15.4 Å². The fourth-order valence-electron chi connectivity index (χ4n) is 2.34. The van der Waals surface area contributed by atoms with Gasteiger partial charge in [-0.05, 0) is 37.6 Å². The van der Waals surface area contributed by atoms with E-state index in [1.807, 2.05) is 36.4 Å². The number of hydrogen-bond donors (Lipinski definition) is 1. The van der Waals surface area contributed by atoms with Gasteiger partial charge in [-0.1, -0.05) is 36.5 Å². The SMILES string of the molecule is CCN(CC)c1cccc(OCc2cccc(C(N)=S)c2)c1. The molecule has 116 valence electrons. The van der Waals surface area contributed by atoms with Crippen LogP contribution in [0, 0.1) is 0 Å². The lowest BCUT2D eigenvalue weighted by Crippen LogP contribution is -2.21. The van der Waals surface area contributed by atoms with Gasteiger partial charge in [0.15, 0.2) is 0 Å². The minimum absolute atomic E-state index is 0.408. The molecule has 0 fully saturated rings. The lowest BCUT2D eigenvalue weighted by molar-refractivity contribution is 0.306. The zero-order valence-corrected chi connectivity index (χ0v) is 13.9. The van der Waals surface area contributed by atoms with Crippen LogP contribution in [0.25, 0.3) is 0 Å². The first-order chi connectivity index (χ1) is 10.6. The standard InChI is InChI=1S/C18H22N2OS/c1-3-20(4-2)16-9-6-10-17(12-16)21-13-14-7-5-8-15(11-14)18(19)22/h5-12H,3-4,13H2,1-2H3,(H2,19,22). The Morgan fingerprint density at radius 2 is 1.82 bits per heavy atom. The van der Waals surface area contributed by atoms with E-state index in [9.17, 15) is 0 Å². The molecule has 0 aliphatic heterocycles. The van der Waals surface area contributed by atoms with E-state index in [1.165, 1.54) is 5.69 Å². The van der Waals surface area contributed by atoms with Gasteiger partial charge in [0, 0.05) is 30.4 Å². The summed E-state index contributed by atoms with van der Waals surface area (Å²) in [6.07, 6.45) is 0. The quantitative estimate of drug-likeness (QED) is 0.790. The largest absolute Gasteiger partial charge is 0.489 e. The van der Waals surface area contributed by atoms with Crippen LogP contribution in [0.5, 0.6) is 5.75 Å². The molecule has 2 rings (SSSR count). The Balaban J connectivity index is 2.07. The summed E-state index contributed by atoms with van der Waals surface area (Å²) in [6, 6.07) is 16.0. The molecule has 3 nitrogen and oxygen atoms in total. The number of rotatable bonds is 7. The Bertz CT molecular complexity index is 638. The van der Waals surface area contributed by atoms with E-state index < -0.39 is 0 Å². The molecule has 0 aliphatic rings. The third kappa shape index (κ3) is 4.21. The van der Waals surface area contributed by atoms with Crippen molar-refractivity contribution in [1.82, 2.24) is 0 Å². The topological polar surface area (TPSA) is 38.5 Å². The molecule has 2 N–H and O–H groups in total. The molecular formula is C18H22N2OS. The van der Waals surface area contributed by atoms with E-state index in [1.54, 1.807) is 0 Å². The third-order valence-electron chi connectivity index (χ3n) is 3.56. The maximum absolute atomic E-state index is 5.90. The first-order valence-corrected chi connectivity index (χ1v) is 7.91. The summed E-state index contributed by atoms with van der Waals surface area (Å²) in [6.45, 7) is 6.76. The molecule has 2 aromatic carbocycles. The lowest BCUT2D eigenvalue weighted by atomic mass is 10.1. The molecular weight excluding hydrogens is 292 g/mol. The minimum atomic E-state index is 0.408. The molecule has 22 heavy (non-hydrogen) atoms. The highest BCUT2D eigenvalue weighted by molar-refractivity contribution is 7.80. The van der Waals surface area contributed by atoms with E-state index in [-0.39, 0.29) is 0 Å². The third-order valence-corrected chi connectivity index (χ3v) is 3.80. The summed E-state index contributed by atoms with van der Waals surface area (Å²) < 4.78 is 5.90. The number of ether oxygens (including phenoxy) is 1. The van der Waals surface area contributed by atoms with Crippen molar-refractivity contribution in [3.63, 3.8) is 0 Å². The van der Waals surface area contributed by atoms with Crippen LogP contribution >= 0.6 is 12.2 Å². The zero-order chi connectivity index (χ0) is 15.9. The average Bonchev–Trinajstić information content (AvgIpc) is 2.55. The van der Waals surface area contributed by atoms with Crippen molar-refractivity contribution in [2.75, 3.05) is 18.0 Å². The molecule has 0 radical (unpaired) electrons. The fraction of sp³-hybridized carbons (Fsp3) is 0.278. The van der Waals surface area contributed by atoms with Crippen LogP contribution < -0.4 is 15.4 Å². The number of anilines is 1. The Kier molecular flexibility index (Phi) is 5.78. The predicted octanol–water partition coefficient (Wildman–Crippen LogP) is 3.75. The minimum Gasteiger partial charge on any atom is -0.489 e. The smallest absolute Gasteiger partial charge is 0.121 e. The van der Waals surface area contributed by atoms with Crippen LogP contribution in [-0.4, -0.2) is 18.1 Å². The van der Waals surface area contributed by atoms with Gasteiger partial charge >= 0.3 is 0 Å². The summed E-state index contributed by atoms with van der Waals surface area (Å²) in [4.78, 5) is 2.70. The summed E-state index contributed by atoms with van der Waals surface area (Å²) in [7, 11) is 0. The van der Waals surface area contributed by atoms with Gasteiger partial charge in [-0.3, -0.25) is 0 Å². The Morgan fingerprint density at radius 1 is 1.09 bits per heavy atom. The summed E-state index contributed by atoms with van der Waals surface area (Å²) in [5.74, 6) is 0.866.